The summed E-state index contributed by atoms with van der Waals surface area (Å²) < 4.78 is 15.2. The van der Waals surface area contributed by atoms with Crippen LogP contribution in [0.2, 0.25) is 0 Å². The molecule has 1 aliphatic rings. The molecular weight excluding hydrogens is 249 g/mol. The van der Waals surface area contributed by atoms with Gasteiger partial charge in [0.05, 0.1) is 18.1 Å². The Labute approximate surface area is 111 Å². The predicted octanol–water partition coefficient (Wildman–Crippen LogP) is 0.431. The monoisotopic (exact) mass is 269 g/mol. The van der Waals surface area contributed by atoms with Crippen LogP contribution in [-0.2, 0) is 16.9 Å². The van der Waals surface area contributed by atoms with E-state index in [4.69, 9.17) is 5.73 Å². The maximum absolute atomic E-state index is 13.5. The lowest BCUT2D eigenvalue weighted by Gasteiger charge is -2.25. The average molecular weight is 269 g/mol. The van der Waals surface area contributed by atoms with Crippen LogP contribution < -0.4 is 5.73 Å². The molecule has 2 rings (SSSR count). The Morgan fingerprint density at radius 3 is 2.84 bits per heavy atom. The van der Waals surface area contributed by atoms with E-state index >= 15 is 0 Å². The van der Waals surface area contributed by atoms with Crippen molar-refractivity contribution in [1.29, 1.82) is 0 Å². The second-order valence-corrected chi connectivity index (χ2v) is 5.94. The first kappa shape index (κ1) is 13.9. The van der Waals surface area contributed by atoms with Crippen LogP contribution in [0, 0.1) is 0 Å². The molecule has 2 heterocycles. The van der Waals surface area contributed by atoms with Crippen molar-refractivity contribution in [2.24, 2.45) is 5.73 Å². The highest BCUT2D eigenvalue weighted by molar-refractivity contribution is 5.80. The van der Waals surface area contributed by atoms with Crippen molar-refractivity contribution < 1.29 is 9.18 Å². The van der Waals surface area contributed by atoms with E-state index in [0.29, 0.717) is 12.4 Å². The first-order valence-electron chi connectivity index (χ1n) is 6.36. The molecule has 6 nitrogen and oxygen atoms in total. The van der Waals surface area contributed by atoms with Gasteiger partial charge in [0.2, 0.25) is 5.91 Å². The van der Waals surface area contributed by atoms with Gasteiger partial charge in [0.15, 0.2) is 0 Å². The van der Waals surface area contributed by atoms with E-state index in [1.807, 2.05) is 20.8 Å². The third kappa shape index (κ3) is 2.91. The third-order valence-corrected chi connectivity index (χ3v) is 3.28. The number of carbonyl (C=O) groups excluding carboxylic acids is 1. The van der Waals surface area contributed by atoms with Crippen LogP contribution in [0.1, 0.15) is 33.0 Å². The summed E-state index contributed by atoms with van der Waals surface area (Å²) in [6.07, 6.45) is 0.630. The molecule has 7 heteroatoms. The molecule has 2 atom stereocenters. The Morgan fingerprint density at radius 1 is 1.58 bits per heavy atom. The molecule has 0 bridgehead atoms. The second-order valence-electron chi connectivity index (χ2n) is 5.94. The number of carbonyl (C=O) groups is 1. The van der Waals surface area contributed by atoms with Crippen molar-refractivity contribution in [1.82, 2.24) is 19.7 Å². The van der Waals surface area contributed by atoms with Gasteiger partial charge in [0.25, 0.3) is 0 Å². The van der Waals surface area contributed by atoms with Gasteiger partial charge in [-0.25, -0.2) is 14.1 Å². The van der Waals surface area contributed by atoms with E-state index in [-0.39, 0.29) is 18.5 Å². The number of amides is 1. The number of aromatic nitrogens is 3. The molecule has 1 aromatic heterocycles. The SMILES string of the molecule is CC(C)(C)n1ncnc1CN1C[C@H](F)C[C@H]1C(N)=O. The number of nitrogens with two attached hydrogens (primary N) is 1. The summed E-state index contributed by atoms with van der Waals surface area (Å²) in [5.74, 6) is 0.231. The fourth-order valence-corrected chi connectivity index (χ4v) is 2.43. The van der Waals surface area contributed by atoms with E-state index in [2.05, 4.69) is 10.1 Å². The van der Waals surface area contributed by atoms with Gasteiger partial charge in [-0.15, -0.1) is 0 Å². The summed E-state index contributed by atoms with van der Waals surface area (Å²) in [7, 11) is 0. The molecule has 1 aromatic rings. The van der Waals surface area contributed by atoms with Crippen molar-refractivity contribution in [3.63, 3.8) is 0 Å². The van der Waals surface area contributed by atoms with E-state index < -0.39 is 18.1 Å². The van der Waals surface area contributed by atoms with E-state index in [1.165, 1.54) is 6.33 Å². The maximum atomic E-state index is 13.5. The summed E-state index contributed by atoms with van der Waals surface area (Å²) in [6.45, 7) is 6.63. The highest BCUT2D eigenvalue weighted by Gasteiger charge is 2.36. The minimum atomic E-state index is -1.01. The summed E-state index contributed by atoms with van der Waals surface area (Å²) >= 11 is 0. The van der Waals surface area contributed by atoms with Crippen LogP contribution in [0.3, 0.4) is 0 Å². The molecule has 0 radical (unpaired) electrons. The fourth-order valence-electron chi connectivity index (χ4n) is 2.43. The van der Waals surface area contributed by atoms with Crippen molar-refractivity contribution in [2.75, 3.05) is 6.54 Å². The molecule has 1 amide bonds. The molecule has 0 aliphatic carbocycles. The lowest BCUT2D eigenvalue weighted by molar-refractivity contribution is -0.122. The molecule has 106 valence electrons. The van der Waals surface area contributed by atoms with Crippen LogP contribution >= 0.6 is 0 Å². The average Bonchev–Trinajstić information content (AvgIpc) is 2.84. The molecule has 19 heavy (non-hydrogen) atoms. The van der Waals surface area contributed by atoms with Crippen LogP contribution in [-0.4, -0.2) is 44.3 Å². The number of alkyl halides is 1. The van der Waals surface area contributed by atoms with Gasteiger partial charge >= 0.3 is 0 Å². The van der Waals surface area contributed by atoms with Gasteiger partial charge in [-0.1, -0.05) is 0 Å². The quantitative estimate of drug-likeness (QED) is 0.863. The number of nitrogens with zero attached hydrogens (tertiary/aromatic N) is 4. The van der Waals surface area contributed by atoms with Crippen molar-refractivity contribution in [3.8, 4) is 0 Å². The van der Waals surface area contributed by atoms with Crippen LogP contribution in [0.25, 0.3) is 0 Å². The van der Waals surface area contributed by atoms with E-state index in [0.717, 1.165) is 0 Å². The van der Waals surface area contributed by atoms with Gasteiger partial charge in [0.1, 0.15) is 18.3 Å². The lowest BCUT2D eigenvalue weighted by Crippen LogP contribution is -2.41. The third-order valence-electron chi connectivity index (χ3n) is 3.28. The second kappa shape index (κ2) is 4.88. The number of hydrogen-bond acceptors (Lipinski definition) is 4. The van der Waals surface area contributed by atoms with Crippen LogP contribution in [0.4, 0.5) is 4.39 Å². The lowest BCUT2D eigenvalue weighted by atomic mass is 10.1. The molecule has 0 spiro atoms. The van der Waals surface area contributed by atoms with Crippen molar-refractivity contribution in [2.45, 2.75) is 51.5 Å². The number of hydrogen-bond donors (Lipinski definition) is 1. The topological polar surface area (TPSA) is 77.0 Å². The Balaban J connectivity index is 2.17. The van der Waals surface area contributed by atoms with Gasteiger partial charge in [-0.05, 0) is 20.8 Å². The first-order valence-corrected chi connectivity index (χ1v) is 6.36. The zero-order valence-electron chi connectivity index (χ0n) is 11.5. The molecule has 0 saturated carbocycles. The molecule has 2 N–H and O–H groups in total. The van der Waals surface area contributed by atoms with E-state index in [9.17, 15) is 9.18 Å². The number of rotatable bonds is 3. The Bertz CT molecular complexity index is 467. The fraction of sp³-hybridized carbons (Fsp3) is 0.750. The first-order chi connectivity index (χ1) is 8.79. The van der Waals surface area contributed by atoms with Gasteiger partial charge in [-0.3, -0.25) is 9.69 Å². The van der Waals surface area contributed by atoms with Crippen molar-refractivity contribution in [3.05, 3.63) is 12.2 Å². The summed E-state index contributed by atoms with van der Waals surface area (Å²) in [4.78, 5) is 17.3. The van der Waals surface area contributed by atoms with Gasteiger partial charge in [0, 0.05) is 13.0 Å². The number of likely N-dealkylation sites (tertiary alicyclic amines) is 1. The normalized spacial score (nSPS) is 24.8. The Hall–Kier alpha value is -1.50. The zero-order valence-corrected chi connectivity index (χ0v) is 11.5. The highest BCUT2D eigenvalue weighted by Crippen LogP contribution is 2.23. The summed E-state index contributed by atoms with van der Waals surface area (Å²) in [5.41, 5.74) is 5.11. The molecule has 1 saturated heterocycles. The Morgan fingerprint density at radius 2 is 2.26 bits per heavy atom. The number of halogens is 1. The minimum absolute atomic E-state index is 0.166. The van der Waals surface area contributed by atoms with E-state index in [1.54, 1.807) is 9.58 Å². The minimum Gasteiger partial charge on any atom is -0.368 e. The molecule has 0 aromatic carbocycles. The van der Waals surface area contributed by atoms with Crippen molar-refractivity contribution >= 4 is 5.91 Å². The standard InChI is InChI=1S/C12H20FN5O/c1-12(2,3)18-10(15-7-16-18)6-17-5-8(13)4-9(17)11(14)19/h7-9H,4-6H2,1-3H3,(H2,14,19)/t8-,9+/m1/s1. The maximum Gasteiger partial charge on any atom is 0.234 e. The zero-order chi connectivity index (χ0) is 14.2. The Kier molecular flexibility index (Phi) is 3.58. The number of primary amides is 1. The predicted molar refractivity (Wildman–Crippen MR) is 67.9 cm³/mol. The van der Waals surface area contributed by atoms with Gasteiger partial charge < -0.3 is 5.73 Å². The summed E-state index contributed by atoms with van der Waals surface area (Å²) in [6, 6.07) is -0.555. The molecule has 1 fully saturated rings. The van der Waals surface area contributed by atoms with Crippen LogP contribution in [0.15, 0.2) is 6.33 Å². The van der Waals surface area contributed by atoms with Crippen LogP contribution in [0.5, 0.6) is 0 Å². The smallest absolute Gasteiger partial charge is 0.234 e. The molecule has 0 unspecified atom stereocenters. The largest absolute Gasteiger partial charge is 0.368 e. The van der Waals surface area contributed by atoms with Gasteiger partial charge in [-0.2, -0.15) is 5.10 Å². The highest BCUT2D eigenvalue weighted by atomic mass is 19.1. The molecular formula is C12H20FN5O. The summed E-state index contributed by atoms with van der Waals surface area (Å²) in [5, 5.41) is 4.19. The molecule has 1 aliphatic heterocycles.